The number of sulfone groups is 1. The Balaban J connectivity index is 1.57. The van der Waals surface area contributed by atoms with Crippen LogP contribution in [0, 0.1) is 0 Å². The highest BCUT2D eigenvalue weighted by atomic mass is 32.2. The zero-order valence-electron chi connectivity index (χ0n) is 13.3. The number of nitrogens with one attached hydrogen (secondary N) is 1. The molecule has 1 amide bonds. The van der Waals surface area contributed by atoms with Gasteiger partial charge in [-0.05, 0) is 37.8 Å². The molecular weight excluding hydrogens is 328 g/mol. The summed E-state index contributed by atoms with van der Waals surface area (Å²) in [5, 5.41) is 7.43. The van der Waals surface area contributed by atoms with Crippen LogP contribution in [0.2, 0.25) is 0 Å². The van der Waals surface area contributed by atoms with Gasteiger partial charge in [-0.1, -0.05) is 0 Å². The van der Waals surface area contributed by atoms with E-state index in [1.54, 1.807) is 11.1 Å². The molecule has 2 unspecified atom stereocenters. The van der Waals surface area contributed by atoms with E-state index in [9.17, 15) is 13.2 Å². The number of aromatic amines is 1. The van der Waals surface area contributed by atoms with E-state index in [4.69, 9.17) is 0 Å². The van der Waals surface area contributed by atoms with E-state index in [1.807, 2.05) is 12.1 Å². The molecule has 128 valence electrons. The monoisotopic (exact) mass is 348 g/mol. The van der Waals surface area contributed by atoms with Crippen LogP contribution < -0.4 is 0 Å². The first kappa shape index (κ1) is 15.6. The zero-order valence-corrected chi connectivity index (χ0v) is 14.1. The molecule has 1 N–H and O–H groups in total. The Hall–Kier alpha value is -1.96. The van der Waals surface area contributed by atoms with Crippen LogP contribution in [0.5, 0.6) is 0 Å². The van der Waals surface area contributed by atoms with Gasteiger partial charge in [-0.15, -0.1) is 0 Å². The van der Waals surface area contributed by atoms with E-state index in [2.05, 4.69) is 15.2 Å². The number of H-pyrrole nitrogens is 1. The molecule has 2 atom stereocenters. The van der Waals surface area contributed by atoms with Crippen molar-refractivity contribution in [1.82, 2.24) is 20.1 Å². The second kappa shape index (κ2) is 5.84. The maximum atomic E-state index is 12.7. The molecule has 7 nitrogen and oxygen atoms in total. The summed E-state index contributed by atoms with van der Waals surface area (Å²) >= 11 is 0. The molecular formula is C16H20N4O3S. The second-order valence-electron chi connectivity index (χ2n) is 6.63. The molecule has 8 heteroatoms. The number of carbonyl (C=O) groups is 1. The third kappa shape index (κ3) is 2.58. The largest absolute Gasteiger partial charge is 0.341 e. The van der Waals surface area contributed by atoms with Crippen molar-refractivity contribution in [3.8, 4) is 0 Å². The van der Waals surface area contributed by atoms with Crippen LogP contribution >= 0.6 is 0 Å². The lowest BCUT2D eigenvalue weighted by atomic mass is 9.93. The van der Waals surface area contributed by atoms with Crippen LogP contribution in [0.3, 0.4) is 0 Å². The van der Waals surface area contributed by atoms with Crippen molar-refractivity contribution in [2.24, 2.45) is 0 Å². The number of piperidine rings is 1. The molecule has 0 aliphatic carbocycles. The summed E-state index contributed by atoms with van der Waals surface area (Å²) < 4.78 is 24.1. The summed E-state index contributed by atoms with van der Waals surface area (Å²) in [5.74, 6) is 0.0532. The van der Waals surface area contributed by atoms with E-state index in [0.29, 0.717) is 31.6 Å². The second-order valence-corrected chi connectivity index (χ2v) is 8.94. The third-order valence-electron chi connectivity index (χ3n) is 5.10. The molecule has 4 rings (SSSR count). The number of likely N-dealkylation sites (tertiary alicyclic amines) is 1. The van der Waals surface area contributed by atoms with E-state index in [-0.39, 0.29) is 17.6 Å². The first-order valence-electron chi connectivity index (χ1n) is 8.35. The molecule has 2 saturated heterocycles. The van der Waals surface area contributed by atoms with Crippen LogP contribution in [0.1, 0.15) is 37.3 Å². The van der Waals surface area contributed by atoms with Crippen LogP contribution in [0.25, 0.3) is 11.0 Å². The predicted molar refractivity (Wildman–Crippen MR) is 89.3 cm³/mol. The number of aromatic nitrogens is 3. The summed E-state index contributed by atoms with van der Waals surface area (Å²) in [7, 11) is -3.26. The van der Waals surface area contributed by atoms with E-state index >= 15 is 0 Å². The Morgan fingerprint density at radius 1 is 1.29 bits per heavy atom. The minimum absolute atomic E-state index is 0.136. The molecule has 0 aromatic carbocycles. The van der Waals surface area contributed by atoms with Crippen molar-refractivity contribution in [3.63, 3.8) is 0 Å². The highest BCUT2D eigenvalue weighted by Gasteiger charge is 2.40. The first-order chi connectivity index (χ1) is 11.6. The number of hydrogen-bond acceptors (Lipinski definition) is 5. The summed E-state index contributed by atoms with van der Waals surface area (Å²) in [6.45, 7) is 1.17. The number of amides is 1. The van der Waals surface area contributed by atoms with Gasteiger partial charge in [0.05, 0.1) is 5.75 Å². The summed E-state index contributed by atoms with van der Waals surface area (Å²) in [6.07, 6.45) is 4.57. The molecule has 2 aliphatic rings. The van der Waals surface area contributed by atoms with E-state index in [0.717, 1.165) is 23.9 Å². The zero-order chi connectivity index (χ0) is 16.7. The fourth-order valence-corrected chi connectivity index (χ4v) is 5.70. The highest BCUT2D eigenvalue weighted by molar-refractivity contribution is 7.93. The van der Waals surface area contributed by atoms with Crippen LogP contribution in [-0.2, 0) is 14.6 Å². The van der Waals surface area contributed by atoms with E-state index in [1.165, 1.54) is 0 Å². The summed E-state index contributed by atoms with van der Waals surface area (Å²) in [5.41, 5.74) is 1.67. The van der Waals surface area contributed by atoms with Crippen molar-refractivity contribution < 1.29 is 13.2 Å². The number of hydrogen-bond donors (Lipinski definition) is 1. The fraction of sp³-hybridized carbons (Fsp3) is 0.562. The minimum Gasteiger partial charge on any atom is -0.341 e. The van der Waals surface area contributed by atoms with Gasteiger partial charge < -0.3 is 4.90 Å². The maximum Gasteiger partial charge on any atom is 0.240 e. The van der Waals surface area contributed by atoms with Gasteiger partial charge in [-0.2, -0.15) is 5.10 Å². The first-order valence-corrected chi connectivity index (χ1v) is 10.1. The number of fused-ring (bicyclic) bond motifs is 1. The average molecular weight is 348 g/mol. The van der Waals surface area contributed by atoms with Gasteiger partial charge in [0, 0.05) is 36.3 Å². The van der Waals surface area contributed by atoms with Crippen molar-refractivity contribution in [3.05, 3.63) is 24.0 Å². The molecule has 2 aromatic rings. The topological polar surface area (TPSA) is 96.0 Å². The lowest BCUT2D eigenvalue weighted by molar-refractivity contribution is -0.132. The standard InChI is InChI=1S/C16H20N4O3S/c21-16(13-6-3-9-24(13,22)23)20-8-2-4-11(10-20)14-12-5-1-7-17-15(12)19-18-14/h1,5,7,11,13H,2-4,6,8-10H2,(H,17,18,19). The fourth-order valence-electron chi connectivity index (χ4n) is 3.87. The molecule has 2 fully saturated rings. The van der Waals surface area contributed by atoms with Crippen molar-refractivity contribution >= 4 is 26.8 Å². The number of pyridine rings is 1. The van der Waals surface area contributed by atoms with Gasteiger partial charge in [0.2, 0.25) is 5.91 Å². The molecule has 0 saturated carbocycles. The molecule has 24 heavy (non-hydrogen) atoms. The smallest absolute Gasteiger partial charge is 0.240 e. The Bertz CT molecular complexity index is 876. The van der Waals surface area contributed by atoms with Crippen molar-refractivity contribution in [2.75, 3.05) is 18.8 Å². The number of nitrogens with zero attached hydrogens (tertiary/aromatic N) is 3. The Kier molecular flexibility index (Phi) is 3.79. The molecule has 2 aromatic heterocycles. The van der Waals surface area contributed by atoms with Gasteiger partial charge in [-0.3, -0.25) is 9.89 Å². The van der Waals surface area contributed by atoms with Gasteiger partial charge in [-0.25, -0.2) is 13.4 Å². The van der Waals surface area contributed by atoms with Crippen LogP contribution in [-0.4, -0.2) is 58.5 Å². The Morgan fingerprint density at radius 2 is 2.17 bits per heavy atom. The molecule has 2 aliphatic heterocycles. The maximum absolute atomic E-state index is 12.7. The summed E-state index contributed by atoms with van der Waals surface area (Å²) in [4.78, 5) is 18.7. The normalized spacial score (nSPS) is 26.8. The Morgan fingerprint density at radius 3 is 2.96 bits per heavy atom. The molecule has 0 bridgehead atoms. The van der Waals surface area contributed by atoms with Crippen molar-refractivity contribution in [1.29, 1.82) is 0 Å². The van der Waals surface area contributed by atoms with Gasteiger partial charge in [0.1, 0.15) is 5.25 Å². The highest BCUT2D eigenvalue weighted by Crippen LogP contribution is 2.31. The lowest BCUT2D eigenvalue weighted by Gasteiger charge is -2.33. The molecule has 0 radical (unpaired) electrons. The van der Waals surface area contributed by atoms with Crippen molar-refractivity contribution in [2.45, 2.75) is 36.9 Å². The van der Waals surface area contributed by atoms with Gasteiger partial charge >= 0.3 is 0 Å². The number of carbonyl (C=O) groups excluding carboxylic acids is 1. The molecule has 0 spiro atoms. The van der Waals surface area contributed by atoms with Gasteiger partial charge in [0.15, 0.2) is 15.5 Å². The quantitative estimate of drug-likeness (QED) is 0.881. The third-order valence-corrected chi connectivity index (χ3v) is 7.27. The summed E-state index contributed by atoms with van der Waals surface area (Å²) in [6, 6.07) is 3.85. The van der Waals surface area contributed by atoms with Crippen LogP contribution in [0.4, 0.5) is 0 Å². The van der Waals surface area contributed by atoms with Crippen LogP contribution in [0.15, 0.2) is 18.3 Å². The van der Waals surface area contributed by atoms with E-state index < -0.39 is 15.1 Å². The molecule has 4 heterocycles. The minimum atomic E-state index is -3.26. The SMILES string of the molecule is O=C(C1CCCS1(=O)=O)N1CCCC(c2[nH]nc3ncccc23)C1. The predicted octanol–water partition coefficient (Wildman–Crippen LogP) is 1.24. The number of rotatable bonds is 2. The Labute approximate surface area is 140 Å². The van der Waals surface area contributed by atoms with Gasteiger partial charge in [0.25, 0.3) is 0 Å². The lowest BCUT2D eigenvalue weighted by Crippen LogP contribution is -2.45. The average Bonchev–Trinajstić information content (AvgIpc) is 3.17.